The van der Waals surface area contributed by atoms with Gasteiger partial charge in [-0.3, -0.25) is 0 Å². The van der Waals surface area contributed by atoms with Crippen LogP contribution in [0, 0.1) is 23.7 Å². The van der Waals surface area contributed by atoms with Crippen LogP contribution < -0.4 is 10.6 Å². The highest BCUT2D eigenvalue weighted by molar-refractivity contribution is 5.73. The molecule has 4 fully saturated rings. The number of benzene rings is 1. The first-order valence-corrected chi connectivity index (χ1v) is 9.30. The Balaban J connectivity index is 1.34. The average Bonchev–Trinajstić information content (AvgIpc) is 2.60. The van der Waals surface area contributed by atoms with Gasteiger partial charge >= 0.3 is 6.03 Å². The molecule has 4 aliphatic carbocycles. The monoisotopic (exact) mass is 328 g/mol. The van der Waals surface area contributed by atoms with Gasteiger partial charge in [-0.15, -0.1) is 0 Å². The lowest BCUT2D eigenvalue weighted by Gasteiger charge is -2.60. The zero-order valence-corrected chi connectivity index (χ0v) is 14.5. The number of hydrogen-bond acceptors (Lipinski definition) is 2. The van der Waals surface area contributed by atoms with Gasteiger partial charge in [0.15, 0.2) is 0 Å². The molecule has 24 heavy (non-hydrogen) atoms. The van der Waals surface area contributed by atoms with Crippen molar-refractivity contribution in [3.8, 4) is 0 Å². The van der Waals surface area contributed by atoms with Crippen LogP contribution in [0.4, 0.5) is 4.79 Å². The molecule has 4 saturated carbocycles. The van der Waals surface area contributed by atoms with Crippen LogP contribution in [0.2, 0.25) is 0 Å². The topological polar surface area (TPSA) is 50.4 Å². The van der Waals surface area contributed by atoms with Gasteiger partial charge in [-0.1, -0.05) is 30.3 Å². The zero-order chi connectivity index (χ0) is 16.6. The summed E-state index contributed by atoms with van der Waals surface area (Å²) < 4.78 is 6.09. The predicted octanol–water partition coefficient (Wildman–Crippen LogP) is 3.33. The summed E-state index contributed by atoms with van der Waals surface area (Å²) in [6, 6.07) is 9.92. The molecule has 0 aliphatic heterocycles. The third kappa shape index (κ3) is 2.81. The third-order valence-electron chi connectivity index (χ3n) is 6.72. The van der Waals surface area contributed by atoms with Crippen molar-refractivity contribution in [2.75, 3.05) is 13.7 Å². The number of ether oxygens (including phenoxy) is 1. The van der Waals surface area contributed by atoms with Crippen LogP contribution in [0.15, 0.2) is 30.3 Å². The number of carbonyl (C=O) groups excluding carboxylic acids is 1. The van der Waals surface area contributed by atoms with Crippen molar-refractivity contribution in [3.63, 3.8) is 0 Å². The van der Waals surface area contributed by atoms with Crippen LogP contribution in [-0.2, 0) is 11.3 Å². The number of nitrogens with one attached hydrogen (secondary N) is 2. The normalized spacial score (nSPS) is 36.5. The Bertz CT molecular complexity index is 559. The van der Waals surface area contributed by atoms with Crippen LogP contribution >= 0.6 is 0 Å². The second-order valence-electron chi connectivity index (χ2n) is 7.99. The summed E-state index contributed by atoms with van der Waals surface area (Å²) >= 11 is 0. The Labute approximate surface area is 144 Å². The summed E-state index contributed by atoms with van der Waals surface area (Å²) in [7, 11) is 1.84. The van der Waals surface area contributed by atoms with Crippen molar-refractivity contribution in [2.45, 2.75) is 44.2 Å². The lowest BCUT2D eigenvalue weighted by atomic mass is 9.49. The van der Waals surface area contributed by atoms with E-state index in [9.17, 15) is 4.79 Å². The van der Waals surface area contributed by atoms with E-state index in [0.29, 0.717) is 24.9 Å². The van der Waals surface area contributed by atoms with Gasteiger partial charge in [0.1, 0.15) is 0 Å². The predicted molar refractivity (Wildman–Crippen MR) is 93.5 cm³/mol. The minimum absolute atomic E-state index is 0.0934. The molecule has 1 aromatic rings. The fourth-order valence-electron chi connectivity index (χ4n) is 5.74. The van der Waals surface area contributed by atoms with Crippen molar-refractivity contribution in [2.24, 2.45) is 23.7 Å². The van der Waals surface area contributed by atoms with Gasteiger partial charge in [-0.05, 0) is 61.3 Å². The molecule has 0 radical (unpaired) electrons. The minimum Gasteiger partial charge on any atom is -0.376 e. The summed E-state index contributed by atoms with van der Waals surface area (Å²) in [5.41, 5.74) is 0.973. The lowest BCUT2D eigenvalue weighted by molar-refractivity contribution is -0.186. The van der Waals surface area contributed by atoms with Gasteiger partial charge in [0.2, 0.25) is 0 Å². The molecule has 4 nitrogen and oxygen atoms in total. The zero-order valence-electron chi connectivity index (χ0n) is 14.5. The molecule has 0 aromatic heterocycles. The average molecular weight is 328 g/mol. The van der Waals surface area contributed by atoms with Gasteiger partial charge in [0, 0.05) is 20.2 Å². The van der Waals surface area contributed by atoms with E-state index < -0.39 is 0 Å². The molecule has 0 unspecified atom stereocenters. The van der Waals surface area contributed by atoms with Crippen molar-refractivity contribution in [1.82, 2.24) is 10.6 Å². The number of hydrogen-bond donors (Lipinski definition) is 2. The number of carbonyl (C=O) groups is 1. The van der Waals surface area contributed by atoms with E-state index in [1.807, 2.05) is 37.4 Å². The SMILES string of the molecule is COC1(CNC(=O)NCc2ccccc2)C2CC3CC(C2)CC1C3. The van der Waals surface area contributed by atoms with Crippen molar-refractivity contribution in [3.05, 3.63) is 35.9 Å². The maximum atomic E-state index is 12.2. The van der Waals surface area contributed by atoms with E-state index in [1.54, 1.807) is 0 Å². The maximum absolute atomic E-state index is 12.2. The fraction of sp³-hybridized carbons (Fsp3) is 0.650. The molecule has 0 atom stereocenters. The molecule has 4 heteroatoms. The standard InChI is InChI=1S/C20H28N2O2/c1-24-20(17-8-15-7-16(10-17)11-18(20)9-15)13-22-19(23)21-12-14-5-3-2-4-6-14/h2-6,15-18H,7-13H2,1H3,(H2,21,22,23). The van der Waals surface area contributed by atoms with Crippen LogP contribution in [0.25, 0.3) is 0 Å². The van der Waals surface area contributed by atoms with E-state index in [0.717, 1.165) is 17.4 Å². The number of amides is 2. The second-order valence-corrected chi connectivity index (χ2v) is 7.99. The first-order valence-electron chi connectivity index (χ1n) is 9.30. The Morgan fingerprint density at radius 1 is 1.04 bits per heavy atom. The summed E-state index contributed by atoms with van der Waals surface area (Å²) in [5.74, 6) is 3.05. The molecule has 0 spiro atoms. The van der Waals surface area contributed by atoms with Gasteiger partial charge < -0.3 is 15.4 Å². The third-order valence-corrected chi connectivity index (χ3v) is 6.72. The summed E-state index contributed by atoms with van der Waals surface area (Å²) in [6.07, 6.45) is 6.57. The number of urea groups is 1. The number of rotatable bonds is 5. The highest BCUT2D eigenvalue weighted by Gasteiger charge is 2.57. The van der Waals surface area contributed by atoms with Crippen LogP contribution in [0.5, 0.6) is 0 Å². The summed E-state index contributed by atoms with van der Waals surface area (Å²) in [4.78, 5) is 12.2. The quantitative estimate of drug-likeness (QED) is 0.871. The van der Waals surface area contributed by atoms with Gasteiger partial charge in [0.05, 0.1) is 5.60 Å². The van der Waals surface area contributed by atoms with E-state index >= 15 is 0 Å². The van der Waals surface area contributed by atoms with E-state index in [-0.39, 0.29) is 11.6 Å². The molecule has 0 heterocycles. The number of methoxy groups -OCH3 is 1. The Kier molecular flexibility index (Phi) is 4.25. The Hall–Kier alpha value is -1.55. The first-order chi connectivity index (χ1) is 11.7. The molecule has 4 bridgehead atoms. The highest BCUT2D eigenvalue weighted by Crippen LogP contribution is 2.59. The molecular weight excluding hydrogens is 300 g/mol. The maximum Gasteiger partial charge on any atom is 0.315 e. The second kappa shape index (κ2) is 6.40. The Morgan fingerprint density at radius 3 is 2.25 bits per heavy atom. The van der Waals surface area contributed by atoms with Gasteiger partial charge in [0.25, 0.3) is 0 Å². The first kappa shape index (κ1) is 15.9. The van der Waals surface area contributed by atoms with Crippen LogP contribution in [0.1, 0.15) is 37.7 Å². The van der Waals surface area contributed by atoms with E-state index in [2.05, 4.69) is 10.6 Å². The Morgan fingerprint density at radius 2 is 1.67 bits per heavy atom. The molecule has 4 aliphatic rings. The molecule has 2 amide bonds. The minimum atomic E-state index is -0.141. The largest absolute Gasteiger partial charge is 0.376 e. The van der Waals surface area contributed by atoms with Crippen LogP contribution in [0.3, 0.4) is 0 Å². The summed E-state index contributed by atoms with van der Waals surface area (Å²) in [5, 5.41) is 6.06. The van der Waals surface area contributed by atoms with Crippen molar-refractivity contribution >= 4 is 6.03 Å². The molecule has 5 rings (SSSR count). The smallest absolute Gasteiger partial charge is 0.315 e. The van der Waals surface area contributed by atoms with Crippen LogP contribution in [-0.4, -0.2) is 25.3 Å². The molecule has 2 N–H and O–H groups in total. The van der Waals surface area contributed by atoms with Gasteiger partial charge in [-0.25, -0.2) is 4.79 Å². The van der Waals surface area contributed by atoms with Crippen molar-refractivity contribution in [1.29, 1.82) is 0 Å². The molecular formula is C20H28N2O2. The highest BCUT2D eigenvalue weighted by atomic mass is 16.5. The molecule has 0 saturated heterocycles. The molecule has 1 aromatic carbocycles. The van der Waals surface area contributed by atoms with E-state index in [4.69, 9.17) is 4.74 Å². The summed E-state index contributed by atoms with van der Waals surface area (Å²) in [6.45, 7) is 1.20. The van der Waals surface area contributed by atoms with Crippen molar-refractivity contribution < 1.29 is 9.53 Å². The van der Waals surface area contributed by atoms with E-state index in [1.165, 1.54) is 32.1 Å². The van der Waals surface area contributed by atoms with Gasteiger partial charge in [-0.2, -0.15) is 0 Å². The lowest BCUT2D eigenvalue weighted by Crippen LogP contribution is -2.63. The fourth-order valence-corrected chi connectivity index (χ4v) is 5.74. The molecule has 130 valence electrons.